The molecule has 110 valence electrons. The summed E-state index contributed by atoms with van der Waals surface area (Å²) >= 11 is 1.35. The SMILES string of the molecule is CCNCCc1ccc(S(=O)(=O)NC(C)C(C)C)s1. The molecule has 1 rings (SSSR count). The fourth-order valence-corrected chi connectivity index (χ4v) is 4.23. The predicted molar refractivity (Wildman–Crippen MR) is 81.2 cm³/mol. The van der Waals surface area contributed by atoms with Crippen molar-refractivity contribution in [3.8, 4) is 0 Å². The first-order valence-electron chi connectivity index (χ1n) is 6.68. The molecule has 0 aliphatic carbocycles. The van der Waals surface area contributed by atoms with Crippen LogP contribution < -0.4 is 10.0 Å². The topological polar surface area (TPSA) is 58.2 Å². The van der Waals surface area contributed by atoms with Crippen molar-refractivity contribution in [3.63, 3.8) is 0 Å². The minimum absolute atomic E-state index is 0.0580. The lowest BCUT2D eigenvalue weighted by atomic mass is 10.1. The molecule has 4 nitrogen and oxygen atoms in total. The van der Waals surface area contributed by atoms with E-state index in [1.165, 1.54) is 11.3 Å². The van der Waals surface area contributed by atoms with Gasteiger partial charge >= 0.3 is 0 Å². The number of sulfonamides is 1. The van der Waals surface area contributed by atoms with Crippen LogP contribution in [0, 0.1) is 5.92 Å². The van der Waals surface area contributed by atoms with E-state index in [9.17, 15) is 8.42 Å². The highest BCUT2D eigenvalue weighted by atomic mass is 32.2. The molecular formula is C13H24N2O2S2. The summed E-state index contributed by atoms with van der Waals surface area (Å²) in [4.78, 5) is 1.10. The average molecular weight is 304 g/mol. The zero-order valence-corrected chi connectivity index (χ0v) is 13.7. The van der Waals surface area contributed by atoms with Crippen LogP contribution in [0.2, 0.25) is 0 Å². The maximum atomic E-state index is 12.2. The molecule has 1 heterocycles. The molecule has 2 N–H and O–H groups in total. The van der Waals surface area contributed by atoms with Gasteiger partial charge < -0.3 is 5.32 Å². The lowest BCUT2D eigenvalue weighted by Crippen LogP contribution is -2.35. The van der Waals surface area contributed by atoms with Gasteiger partial charge in [-0.3, -0.25) is 0 Å². The lowest BCUT2D eigenvalue weighted by Gasteiger charge is -2.16. The normalized spacial score (nSPS) is 13.9. The Morgan fingerprint density at radius 1 is 1.26 bits per heavy atom. The third-order valence-electron chi connectivity index (χ3n) is 3.04. The molecule has 19 heavy (non-hydrogen) atoms. The van der Waals surface area contributed by atoms with E-state index >= 15 is 0 Å². The summed E-state index contributed by atoms with van der Waals surface area (Å²) in [5.74, 6) is 0.281. The molecule has 0 saturated carbocycles. The second-order valence-corrected chi connectivity index (χ2v) is 8.09. The monoisotopic (exact) mass is 304 g/mol. The Labute approximate surface area is 120 Å². The molecule has 1 aromatic rings. The molecule has 0 spiro atoms. The number of thiophene rings is 1. The second-order valence-electron chi connectivity index (χ2n) is 4.98. The van der Waals surface area contributed by atoms with Crippen LogP contribution >= 0.6 is 11.3 Å². The number of hydrogen-bond acceptors (Lipinski definition) is 4. The molecule has 0 radical (unpaired) electrons. The standard InChI is InChI=1S/C13H24N2O2S2/c1-5-14-9-8-12-6-7-13(18-12)19(16,17)15-11(4)10(2)3/h6-7,10-11,14-15H,5,8-9H2,1-4H3. The van der Waals surface area contributed by atoms with Gasteiger partial charge in [0.15, 0.2) is 0 Å². The van der Waals surface area contributed by atoms with E-state index in [0.717, 1.165) is 24.4 Å². The molecule has 1 atom stereocenters. The van der Waals surface area contributed by atoms with Gasteiger partial charge in [0.05, 0.1) is 0 Å². The minimum Gasteiger partial charge on any atom is -0.317 e. The molecular weight excluding hydrogens is 280 g/mol. The Kier molecular flexibility index (Phi) is 6.46. The maximum Gasteiger partial charge on any atom is 0.250 e. The molecule has 0 saturated heterocycles. The van der Waals surface area contributed by atoms with Gasteiger partial charge in [0.2, 0.25) is 10.0 Å². The molecule has 0 bridgehead atoms. The van der Waals surface area contributed by atoms with Crippen molar-refractivity contribution in [2.24, 2.45) is 5.92 Å². The van der Waals surface area contributed by atoms with Gasteiger partial charge in [0.25, 0.3) is 0 Å². The van der Waals surface area contributed by atoms with E-state index in [4.69, 9.17) is 0 Å². The first-order chi connectivity index (χ1) is 8.86. The third-order valence-corrected chi connectivity index (χ3v) is 6.24. The van der Waals surface area contributed by atoms with Crippen LogP contribution in [-0.4, -0.2) is 27.5 Å². The highest BCUT2D eigenvalue weighted by Crippen LogP contribution is 2.22. The molecule has 0 aliphatic rings. The lowest BCUT2D eigenvalue weighted by molar-refractivity contribution is 0.477. The first kappa shape index (κ1) is 16.6. The fraction of sp³-hybridized carbons (Fsp3) is 0.692. The highest BCUT2D eigenvalue weighted by molar-refractivity contribution is 7.91. The van der Waals surface area contributed by atoms with Crippen LogP contribution in [0.3, 0.4) is 0 Å². The number of likely N-dealkylation sites (N-methyl/N-ethyl adjacent to an activating group) is 1. The minimum atomic E-state index is -3.37. The smallest absolute Gasteiger partial charge is 0.250 e. The Balaban J connectivity index is 2.69. The molecule has 0 amide bonds. The quantitative estimate of drug-likeness (QED) is 0.724. The number of rotatable bonds is 8. The molecule has 1 aromatic heterocycles. The van der Waals surface area contributed by atoms with E-state index < -0.39 is 10.0 Å². The van der Waals surface area contributed by atoms with Gasteiger partial charge in [-0.1, -0.05) is 20.8 Å². The van der Waals surface area contributed by atoms with Crippen molar-refractivity contribution in [2.75, 3.05) is 13.1 Å². The third kappa shape index (κ3) is 5.22. The maximum absolute atomic E-state index is 12.2. The fourth-order valence-electron chi connectivity index (χ4n) is 1.46. The van der Waals surface area contributed by atoms with Crippen molar-refractivity contribution in [2.45, 2.75) is 44.4 Å². The summed E-state index contributed by atoms with van der Waals surface area (Å²) in [5, 5.41) is 3.23. The average Bonchev–Trinajstić information content (AvgIpc) is 2.78. The largest absolute Gasteiger partial charge is 0.317 e. The van der Waals surface area contributed by atoms with Gasteiger partial charge in [-0.05, 0) is 44.5 Å². The summed E-state index contributed by atoms with van der Waals surface area (Å²) in [6.07, 6.45) is 0.869. The number of hydrogen-bond donors (Lipinski definition) is 2. The predicted octanol–water partition coefficient (Wildman–Crippen LogP) is 2.22. The molecule has 0 aromatic carbocycles. The number of nitrogens with one attached hydrogen (secondary N) is 2. The van der Waals surface area contributed by atoms with Gasteiger partial charge in [0.1, 0.15) is 4.21 Å². The van der Waals surface area contributed by atoms with Crippen molar-refractivity contribution >= 4 is 21.4 Å². The van der Waals surface area contributed by atoms with E-state index in [0.29, 0.717) is 4.21 Å². The van der Waals surface area contributed by atoms with Crippen LogP contribution in [0.5, 0.6) is 0 Å². The van der Waals surface area contributed by atoms with Crippen molar-refractivity contribution in [1.29, 1.82) is 0 Å². The second kappa shape index (κ2) is 7.38. The van der Waals surface area contributed by atoms with Crippen molar-refractivity contribution in [3.05, 3.63) is 17.0 Å². The van der Waals surface area contributed by atoms with Crippen molar-refractivity contribution < 1.29 is 8.42 Å². The van der Waals surface area contributed by atoms with Crippen LogP contribution in [0.1, 0.15) is 32.6 Å². The molecule has 6 heteroatoms. The van der Waals surface area contributed by atoms with Crippen LogP contribution in [-0.2, 0) is 16.4 Å². The summed E-state index contributed by atoms with van der Waals surface area (Å²) in [5.41, 5.74) is 0. The van der Waals surface area contributed by atoms with Crippen LogP contribution in [0.15, 0.2) is 16.3 Å². The Bertz CT molecular complexity index is 481. The van der Waals surface area contributed by atoms with Gasteiger partial charge in [-0.15, -0.1) is 11.3 Å². The first-order valence-corrected chi connectivity index (χ1v) is 8.98. The summed E-state index contributed by atoms with van der Waals surface area (Å²) in [6.45, 7) is 9.77. The zero-order valence-electron chi connectivity index (χ0n) is 12.1. The highest BCUT2D eigenvalue weighted by Gasteiger charge is 2.20. The van der Waals surface area contributed by atoms with Gasteiger partial charge in [-0.2, -0.15) is 0 Å². The van der Waals surface area contributed by atoms with E-state index in [1.807, 2.05) is 26.8 Å². The zero-order chi connectivity index (χ0) is 14.5. The molecule has 0 aliphatic heterocycles. The van der Waals surface area contributed by atoms with E-state index in [1.54, 1.807) is 6.07 Å². The Morgan fingerprint density at radius 2 is 1.95 bits per heavy atom. The van der Waals surface area contributed by atoms with Crippen LogP contribution in [0.4, 0.5) is 0 Å². The van der Waals surface area contributed by atoms with Crippen LogP contribution in [0.25, 0.3) is 0 Å². The van der Waals surface area contributed by atoms with Crippen molar-refractivity contribution in [1.82, 2.24) is 10.0 Å². The van der Waals surface area contributed by atoms with E-state index in [-0.39, 0.29) is 12.0 Å². The summed E-state index contributed by atoms with van der Waals surface area (Å²) in [7, 11) is -3.37. The van der Waals surface area contributed by atoms with Gasteiger partial charge in [-0.25, -0.2) is 13.1 Å². The Hall–Kier alpha value is -0.430. The molecule has 0 fully saturated rings. The Morgan fingerprint density at radius 3 is 2.53 bits per heavy atom. The molecule has 1 unspecified atom stereocenters. The van der Waals surface area contributed by atoms with Gasteiger partial charge in [0, 0.05) is 10.9 Å². The summed E-state index contributed by atoms with van der Waals surface area (Å²) < 4.78 is 27.5. The summed E-state index contributed by atoms with van der Waals surface area (Å²) in [6, 6.07) is 3.54. The van der Waals surface area contributed by atoms with E-state index in [2.05, 4.69) is 17.0 Å².